The molecule has 0 aromatic carbocycles. The van der Waals surface area contributed by atoms with E-state index in [0.29, 0.717) is 13.1 Å². The Morgan fingerprint density at radius 3 is 1.62 bits per heavy atom. The third-order valence-corrected chi connectivity index (χ3v) is 4.93. The standard InChI is InChI=1S/C20H42N2O2/c1-3-5-7-9-11-13-15-20(19(23)24,22-18-17-21)16-14-12-10-8-6-4-2/h22H,3-18,21H2,1-2H3,(H,23,24). The van der Waals surface area contributed by atoms with Crippen LogP contribution in [0, 0.1) is 0 Å². The van der Waals surface area contributed by atoms with E-state index in [1.165, 1.54) is 51.4 Å². The van der Waals surface area contributed by atoms with E-state index >= 15 is 0 Å². The van der Waals surface area contributed by atoms with Crippen LogP contribution in [0.15, 0.2) is 0 Å². The van der Waals surface area contributed by atoms with Crippen LogP contribution < -0.4 is 11.1 Å². The molecule has 0 aliphatic carbocycles. The Morgan fingerprint density at radius 1 is 0.833 bits per heavy atom. The summed E-state index contributed by atoms with van der Waals surface area (Å²) < 4.78 is 0. The predicted molar refractivity (Wildman–Crippen MR) is 103 cm³/mol. The van der Waals surface area contributed by atoms with Crippen molar-refractivity contribution in [1.29, 1.82) is 0 Å². The van der Waals surface area contributed by atoms with Crippen molar-refractivity contribution in [3.63, 3.8) is 0 Å². The van der Waals surface area contributed by atoms with Gasteiger partial charge in [-0.3, -0.25) is 4.79 Å². The quantitative estimate of drug-likeness (QED) is 0.311. The number of nitrogens with one attached hydrogen (secondary N) is 1. The zero-order chi connectivity index (χ0) is 18.1. The number of hydrogen-bond donors (Lipinski definition) is 3. The monoisotopic (exact) mass is 342 g/mol. The minimum atomic E-state index is -0.769. The number of unbranched alkanes of at least 4 members (excludes halogenated alkanes) is 10. The van der Waals surface area contributed by atoms with E-state index in [1.807, 2.05) is 0 Å². The van der Waals surface area contributed by atoms with E-state index in [4.69, 9.17) is 5.73 Å². The zero-order valence-electron chi connectivity index (χ0n) is 16.2. The number of hydrogen-bond acceptors (Lipinski definition) is 3. The Morgan fingerprint density at radius 2 is 1.25 bits per heavy atom. The van der Waals surface area contributed by atoms with Crippen LogP contribution in [0.25, 0.3) is 0 Å². The van der Waals surface area contributed by atoms with Crippen LogP contribution in [-0.2, 0) is 4.79 Å². The highest BCUT2D eigenvalue weighted by Crippen LogP contribution is 2.24. The van der Waals surface area contributed by atoms with Crippen LogP contribution in [0.4, 0.5) is 0 Å². The molecule has 4 N–H and O–H groups in total. The lowest BCUT2D eigenvalue weighted by atomic mass is 9.86. The van der Waals surface area contributed by atoms with Crippen molar-refractivity contribution >= 4 is 5.97 Å². The molecule has 0 aromatic heterocycles. The molecule has 0 amide bonds. The summed E-state index contributed by atoms with van der Waals surface area (Å²) in [4.78, 5) is 12.0. The number of nitrogens with two attached hydrogens (primary N) is 1. The van der Waals surface area contributed by atoms with Gasteiger partial charge in [0.2, 0.25) is 0 Å². The fourth-order valence-electron chi connectivity index (χ4n) is 3.32. The smallest absolute Gasteiger partial charge is 0.323 e. The van der Waals surface area contributed by atoms with Crippen molar-refractivity contribution in [3.05, 3.63) is 0 Å². The maximum absolute atomic E-state index is 12.0. The molecule has 0 saturated heterocycles. The zero-order valence-corrected chi connectivity index (χ0v) is 16.2. The van der Waals surface area contributed by atoms with Gasteiger partial charge in [-0.1, -0.05) is 90.9 Å². The lowest BCUT2D eigenvalue weighted by Crippen LogP contribution is -2.53. The van der Waals surface area contributed by atoms with Gasteiger partial charge >= 0.3 is 5.97 Å². The van der Waals surface area contributed by atoms with Crippen molar-refractivity contribution in [2.45, 2.75) is 109 Å². The van der Waals surface area contributed by atoms with Crippen LogP contribution >= 0.6 is 0 Å². The molecule has 0 rings (SSSR count). The maximum Gasteiger partial charge on any atom is 0.323 e. The summed E-state index contributed by atoms with van der Waals surface area (Å²) in [5, 5.41) is 13.1. The second kappa shape index (κ2) is 15.9. The first-order valence-electron chi connectivity index (χ1n) is 10.3. The molecular weight excluding hydrogens is 300 g/mol. The van der Waals surface area contributed by atoms with Crippen LogP contribution in [0.5, 0.6) is 0 Å². The fourth-order valence-corrected chi connectivity index (χ4v) is 3.32. The first kappa shape index (κ1) is 23.4. The van der Waals surface area contributed by atoms with Gasteiger partial charge in [-0.05, 0) is 12.8 Å². The first-order chi connectivity index (χ1) is 11.6. The van der Waals surface area contributed by atoms with Gasteiger partial charge in [-0.15, -0.1) is 0 Å². The molecule has 144 valence electrons. The SMILES string of the molecule is CCCCCCCCC(CCCCCCCC)(NCCN)C(=O)O. The van der Waals surface area contributed by atoms with Gasteiger partial charge in [0.15, 0.2) is 0 Å². The highest BCUT2D eigenvalue weighted by atomic mass is 16.4. The van der Waals surface area contributed by atoms with Crippen LogP contribution in [-0.4, -0.2) is 29.7 Å². The van der Waals surface area contributed by atoms with E-state index < -0.39 is 11.5 Å². The van der Waals surface area contributed by atoms with E-state index in [1.54, 1.807) is 0 Å². The van der Waals surface area contributed by atoms with Gasteiger partial charge < -0.3 is 16.2 Å². The lowest BCUT2D eigenvalue weighted by Gasteiger charge is -2.31. The minimum absolute atomic E-state index is 0.488. The molecule has 0 atom stereocenters. The Kier molecular flexibility index (Phi) is 15.5. The van der Waals surface area contributed by atoms with Gasteiger partial charge in [0.05, 0.1) is 0 Å². The molecule has 0 aliphatic rings. The molecule has 4 heteroatoms. The lowest BCUT2D eigenvalue weighted by molar-refractivity contribution is -0.145. The van der Waals surface area contributed by atoms with Crippen LogP contribution in [0.2, 0.25) is 0 Å². The van der Waals surface area contributed by atoms with Gasteiger partial charge in [0.25, 0.3) is 0 Å². The largest absolute Gasteiger partial charge is 0.480 e. The summed E-state index contributed by atoms with van der Waals surface area (Å²) in [5.74, 6) is -0.696. The molecule has 0 aromatic rings. The predicted octanol–water partition coefficient (Wildman–Crippen LogP) is 4.86. The summed E-state index contributed by atoms with van der Waals surface area (Å²) in [6.07, 6.45) is 15.7. The summed E-state index contributed by atoms with van der Waals surface area (Å²) in [6.45, 7) is 5.50. The molecule has 0 heterocycles. The Balaban J connectivity index is 4.32. The van der Waals surface area contributed by atoms with Crippen LogP contribution in [0.1, 0.15) is 104 Å². The molecule has 0 saturated carbocycles. The van der Waals surface area contributed by atoms with E-state index in [-0.39, 0.29) is 0 Å². The van der Waals surface area contributed by atoms with E-state index in [9.17, 15) is 9.90 Å². The maximum atomic E-state index is 12.0. The normalized spacial score (nSPS) is 11.8. The topological polar surface area (TPSA) is 75.3 Å². The van der Waals surface area contributed by atoms with Crippen molar-refractivity contribution in [2.75, 3.05) is 13.1 Å². The summed E-state index contributed by atoms with van der Waals surface area (Å²) >= 11 is 0. The minimum Gasteiger partial charge on any atom is -0.480 e. The molecule has 0 radical (unpaired) electrons. The van der Waals surface area contributed by atoms with Gasteiger partial charge in [-0.2, -0.15) is 0 Å². The van der Waals surface area contributed by atoms with Crippen molar-refractivity contribution in [3.8, 4) is 0 Å². The number of carboxylic acid groups (broad SMARTS) is 1. The van der Waals surface area contributed by atoms with Crippen molar-refractivity contribution in [1.82, 2.24) is 5.32 Å². The molecule has 0 bridgehead atoms. The number of rotatable bonds is 18. The molecule has 0 spiro atoms. The number of carboxylic acids is 1. The average molecular weight is 343 g/mol. The second-order valence-electron chi connectivity index (χ2n) is 7.14. The van der Waals surface area contributed by atoms with E-state index in [2.05, 4.69) is 19.2 Å². The summed E-state index contributed by atoms with van der Waals surface area (Å²) in [7, 11) is 0. The molecule has 0 aliphatic heterocycles. The highest BCUT2D eigenvalue weighted by molar-refractivity contribution is 5.78. The van der Waals surface area contributed by atoms with Gasteiger partial charge in [-0.25, -0.2) is 0 Å². The molecular formula is C20H42N2O2. The fraction of sp³-hybridized carbons (Fsp3) is 0.950. The first-order valence-corrected chi connectivity index (χ1v) is 10.3. The van der Waals surface area contributed by atoms with Crippen molar-refractivity contribution < 1.29 is 9.90 Å². The highest BCUT2D eigenvalue weighted by Gasteiger charge is 2.36. The summed E-state index contributed by atoms with van der Waals surface area (Å²) in [6, 6.07) is 0. The number of aliphatic carboxylic acids is 1. The van der Waals surface area contributed by atoms with Gasteiger partial charge in [0.1, 0.15) is 5.54 Å². The second-order valence-corrected chi connectivity index (χ2v) is 7.14. The average Bonchev–Trinajstić information content (AvgIpc) is 2.57. The van der Waals surface area contributed by atoms with Crippen molar-refractivity contribution in [2.24, 2.45) is 5.73 Å². The Bertz CT molecular complexity index is 279. The van der Waals surface area contributed by atoms with Crippen LogP contribution in [0.3, 0.4) is 0 Å². The third-order valence-electron chi connectivity index (χ3n) is 4.93. The van der Waals surface area contributed by atoms with E-state index in [0.717, 1.165) is 38.5 Å². The molecule has 24 heavy (non-hydrogen) atoms. The molecule has 4 nitrogen and oxygen atoms in total. The van der Waals surface area contributed by atoms with Gasteiger partial charge in [0, 0.05) is 13.1 Å². The summed E-state index contributed by atoms with van der Waals surface area (Å²) in [5.41, 5.74) is 4.83. The third kappa shape index (κ3) is 11.0. The molecule has 0 unspecified atom stereocenters. The number of carbonyl (C=O) groups is 1. The Labute approximate surface area is 150 Å². The Hall–Kier alpha value is -0.610. The molecule has 0 fully saturated rings.